The van der Waals surface area contributed by atoms with Crippen LogP contribution in [0.2, 0.25) is 0 Å². The highest BCUT2D eigenvalue weighted by Crippen LogP contribution is 2.40. The maximum Gasteiger partial charge on any atom is 0.235 e. The van der Waals surface area contributed by atoms with Crippen LogP contribution in [0.15, 0.2) is 48.5 Å². The van der Waals surface area contributed by atoms with Crippen LogP contribution in [0.5, 0.6) is 0 Å². The minimum atomic E-state index is -0.710. The van der Waals surface area contributed by atoms with Crippen molar-refractivity contribution in [1.82, 2.24) is 0 Å². The summed E-state index contributed by atoms with van der Waals surface area (Å²) in [6.45, 7) is 1.86. The smallest absolute Gasteiger partial charge is 0.235 e. The molecule has 2 nitrogen and oxygen atoms in total. The van der Waals surface area contributed by atoms with Crippen LogP contribution in [0.4, 0.5) is 10.1 Å². The number of hydrogen-bond acceptors (Lipinski definition) is 1. The van der Waals surface area contributed by atoms with Gasteiger partial charge in [-0.25, -0.2) is 4.39 Å². The van der Waals surface area contributed by atoms with Crippen LogP contribution in [0.1, 0.15) is 18.1 Å². The van der Waals surface area contributed by atoms with E-state index in [9.17, 15) is 9.18 Å². The fraction of sp³-hybridized carbons (Fsp3) is 0.188. The van der Waals surface area contributed by atoms with Gasteiger partial charge in [0.1, 0.15) is 5.82 Å². The second kappa shape index (κ2) is 4.19. The number of anilines is 1. The molecule has 0 saturated carbocycles. The van der Waals surface area contributed by atoms with E-state index in [2.05, 4.69) is 5.32 Å². The first-order chi connectivity index (χ1) is 9.11. The van der Waals surface area contributed by atoms with Crippen molar-refractivity contribution in [3.05, 3.63) is 65.5 Å². The Morgan fingerprint density at radius 2 is 1.79 bits per heavy atom. The summed E-state index contributed by atoms with van der Waals surface area (Å²) in [5, 5.41) is 2.87. The SMILES string of the molecule is CC1(Cc2ccccc2F)C(=O)Nc2ccccc21. The van der Waals surface area contributed by atoms with Gasteiger partial charge < -0.3 is 5.32 Å². The Morgan fingerprint density at radius 3 is 2.58 bits per heavy atom. The van der Waals surface area contributed by atoms with Gasteiger partial charge in [-0.05, 0) is 36.6 Å². The number of fused-ring (bicyclic) bond motifs is 1. The highest BCUT2D eigenvalue weighted by Gasteiger charge is 2.42. The average molecular weight is 255 g/mol. The van der Waals surface area contributed by atoms with E-state index in [-0.39, 0.29) is 11.7 Å². The van der Waals surface area contributed by atoms with E-state index in [0.717, 1.165) is 11.3 Å². The summed E-state index contributed by atoms with van der Waals surface area (Å²) in [6, 6.07) is 14.2. The molecule has 1 unspecified atom stereocenters. The standard InChI is InChI=1S/C16H14FNO/c1-16(10-11-6-2-4-8-13(11)17)12-7-3-5-9-14(12)18-15(16)19/h2-9H,10H2,1H3,(H,18,19). The van der Waals surface area contributed by atoms with E-state index >= 15 is 0 Å². The van der Waals surface area contributed by atoms with Crippen molar-refractivity contribution < 1.29 is 9.18 Å². The summed E-state index contributed by atoms with van der Waals surface area (Å²) in [6.07, 6.45) is 0.364. The molecule has 1 heterocycles. The molecule has 0 aliphatic carbocycles. The molecule has 3 heteroatoms. The Hall–Kier alpha value is -2.16. The first kappa shape index (κ1) is 11.9. The molecule has 1 atom stereocenters. The third-order valence-electron chi connectivity index (χ3n) is 3.77. The zero-order valence-electron chi connectivity index (χ0n) is 10.6. The fourth-order valence-corrected chi connectivity index (χ4v) is 2.65. The monoisotopic (exact) mass is 255 g/mol. The van der Waals surface area contributed by atoms with Crippen molar-refractivity contribution in [2.45, 2.75) is 18.8 Å². The Balaban J connectivity index is 2.04. The topological polar surface area (TPSA) is 29.1 Å². The minimum absolute atomic E-state index is 0.0723. The number of rotatable bonds is 2. The number of benzene rings is 2. The molecule has 1 N–H and O–H groups in total. The summed E-state index contributed by atoms with van der Waals surface area (Å²) in [5.74, 6) is -0.335. The van der Waals surface area contributed by atoms with Crippen LogP contribution >= 0.6 is 0 Å². The van der Waals surface area contributed by atoms with Gasteiger partial charge in [0.25, 0.3) is 0 Å². The zero-order valence-corrected chi connectivity index (χ0v) is 10.6. The largest absolute Gasteiger partial charge is 0.325 e. The van der Waals surface area contributed by atoms with Crippen LogP contribution in [-0.4, -0.2) is 5.91 Å². The molecular formula is C16H14FNO. The van der Waals surface area contributed by atoms with Gasteiger partial charge in [0.2, 0.25) is 5.91 Å². The molecule has 1 aliphatic heterocycles. The van der Waals surface area contributed by atoms with E-state index in [1.807, 2.05) is 31.2 Å². The predicted molar refractivity (Wildman–Crippen MR) is 72.5 cm³/mol. The van der Waals surface area contributed by atoms with Gasteiger partial charge in [-0.3, -0.25) is 4.79 Å². The fourth-order valence-electron chi connectivity index (χ4n) is 2.65. The second-order valence-electron chi connectivity index (χ2n) is 5.10. The number of carbonyl (C=O) groups excluding carboxylic acids is 1. The Kier molecular flexibility index (Phi) is 2.63. The average Bonchev–Trinajstić information content (AvgIpc) is 2.65. The molecule has 19 heavy (non-hydrogen) atoms. The van der Waals surface area contributed by atoms with Gasteiger partial charge in [0.15, 0.2) is 0 Å². The maximum atomic E-state index is 13.8. The summed E-state index contributed by atoms with van der Waals surface area (Å²) in [7, 11) is 0. The van der Waals surface area contributed by atoms with Crippen LogP contribution in [0, 0.1) is 5.82 Å². The third-order valence-corrected chi connectivity index (χ3v) is 3.77. The van der Waals surface area contributed by atoms with Crippen LogP contribution in [0.3, 0.4) is 0 Å². The lowest BCUT2D eigenvalue weighted by atomic mass is 9.78. The maximum absolute atomic E-state index is 13.8. The molecule has 0 radical (unpaired) electrons. The number of nitrogens with one attached hydrogen (secondary N) is 1. The Labute approximate surface area is 111 Å². The van der Waals surface area contributed by atoms with Gasteiger partial charge in [0, 0.05) is 5.69 Å². The number of carbonyl (C=O) groups is 1. The number of amides is 1. The van der Waals surface area contributed by atoms with Gasteiger partial charge in [0.05, 0.1) is 5.41 Å². The molecule has 3 rings (SSSR count). The van der Waals surface area contributed by atoms with E-state index in [4.69, 9.17) is 0 Å². The molecule has 0 saturated heterocycles. The van der Waals surface area contributed by atoms with Crippen molar-refractivity contribution in [2.24, 2.45) is 0 Å². The molecular weight excluding hydrogens is 241 g/mol. The minimum Gasteiger partial charge on any atom is -0.325 e. The molecule has 2 aromatic rings. The van der Waals surface area contributed by atoms with Crippen LogP contribution in [-0.2, 0) is 16.6 Å². The molecule has 1 aliphatic rings. The first-order valence-corrected chi connectivity index (χ1v) is 6.25. The van der Waals surface area contributed by atoms with Crippen molar-refractivity contribution in [2.75, 3.05) is 5.32 Å². The van der Waals surface area contributed by atoms with Gasteiger partial charge >= 0.3 is 0 Å². The molecule has 0 aromatic heterocycles. The zero-order chi connectivity index (χ0) is 13.5. The lowest BCUT2D eigenvalue weighted by Crippen LogP contribution is -2.33. The normalized spacial score (nSPS) is 21.1. The first-order valence-electron chi connectivity index (χ1n) is 6.25. The van der Waals surface area contributed by atoms with Crippen LogP contribution < -0.4 is 5.32 Å². The van der Waals surface area contributed by atoms with Crippen molar-refractivity contribution in [3.8, 4) is 0 Å². The van der Waals surface area contributed by atoms with Gasteiger partial charge in [-0.2, -0.15) is 0 Å². The summed E-state index contributed by atoms with van der Waals surface area (Å²) >= 11 is 0. The highest BCUT2D eigenvalue weighted by molar-refractivity contribution is 6.06. The van der Waals surface area contributed by atoms with E-state index in [0.29, 0.717) is 12.0 Å². The lowest BCUT2D eigenvalue weighted by molar-refractivity contribution is -0.120. The molecule has 0 bridgehead atoms. The van der Waals surface area contributed by atoms with Crippen molar-refractivity contribution >= 4 is 11.6 Å². The molecule has 2 aromatic carbocycles. The highest BCUT2D eigenvalue weighted by atomic mass is 19.1. The molecule has 0 spiro atoms. The molecule has 1 amide bonds. The molecule has 0 fully saturated rings. The van der Waals surface area contributed by atoms with Crippen LogP contribution in [0.25, 0.3) is 0 Å². The van der Waals surface area contributed by atoms with Crippen molar-refractivity contribution in [1.29, 1.82) is 0 Å². The quantitative estimate of drug-likeness (QED) is 0.876. The lowest BCUT2D eigenvalue weighted by Gasteiger charge is -2.22. The van der Waals surface area contributed by atoms with Gasteiger partial charge in [-0.1, -0.05) is 36.4 Å². The van der Waals surface area contributed by atoms with E-state index < -0.39 is 5.41 Å². The summed E-state index contributed by atoms with van der Waals surface area (Å²) in [4.78, 5) is 12.2. The van der Waals surface area contributed by atoms with E-state index in [1.54, 1.807) is 18.2 Å². The van der Waals surface area contributed by atoms with Gasteiger partial charge in [-0.15, -0.1) is 0 Å². The second-order valence-corrected chi connectivity index (χ2v) is 5.10. The molecule has 96 valence electrons. The third kappa shape index (κ3) is 1.82. The Bertz CT molecular complexity index is 653. The van der Waals surface area contributed by atoms with Crippen molar-refractivity contribution in [3.63, 3.8) is 0 Å². The Morgan fingerprint density at radius 1 is 1.11 bits per heavy atom. The summed E-state index contributed by atoms with van der Waals surface area (Å²) in [5.41, 5.74) is 1.62. The number of halogens is 1. The summed E-state index contributed by atoms with van der Waals surface area (Å²) < 4.78 is 13.8. The predicted octanol–water partition coefficient (Wildman–Crippen LogP) is 3.28. The van der Waals surface area contributed by atoms with E-state index in [1.165, 1.54) is 6.07 Å². The number of para-hydroxylation sites is 1. The number of hydrogen-bond donors (Lipinski definition) is 1.